The Morgan fingerprint density at radius 3 is 0.898 bits per heavy atom. The van der Waals surface area contributed by atoms with E-state index in [9.17, 15) is 9.59 Å². The number of unbranched alkanes of at least 4 members (excludes halogenated alkanes) is 28. The summed E-state index contributed by atoms with van der Waals surface area (Å²) in [6.07, 6.45) is 40.8. The van der Waals surface area contributed by atoms with Crippen LogP contribution < -0.4 is 21.2 Å². The van der Waals surface area contributed by atoms with Gasteiger partial charge in [-0.15, -0.1) is 0 Å². The van der Waals surface area contributed by atoms with Crippen LogP contribution in [0.15, 0.2) is 33.1 Å². The van der Waals surface area contributed by atoms with Crippen molar-refractivity contribution in [3.63, 3.8) is 0 Å². The number of furan rings is 2. The Labute approximate surface area is 312 Å². The van der Waals surface area contributed by atoms with Crippen molar-refractivity contribution in [2.24, 2.45) is 0 Å². The van der Waals surface area contributed by atoms with E-state index in [4.69, 9.17) is 8.83 Å². The molecular formula is C44H74IO4+. The minimum Gasteiger partial charge on any atom is -0.415 e. The maximum Gasteiger partial charge on any atom is 0.443 e. The Morgan fingerprint density at radius 2 is 0.633 bits per heavy atom. The molecule has 280 valence electrons. The first-order valence-corrected chi connectivity index (χ1v) is 23.2. The fourth-order valence-corrected chi connectivity index (χ4v) is 8.62. The van der Waals surface area contributed by atoms with Crippen LogP contribution in [0.5, 0.6) is 0 Å². The molecule has 2 heterocycles. The fraction of sp³-hybridized carbons (Fsp3) is 0.773. The molecule has 49 heavy (non-hydrogen) atoms. The van der Waals surface area contributed by atoms with Gasteiger partial charge in [0.05, 0.1) is 0 Å². The van der Waals surface area contributed by atoms with Gasteiger partial charge in [-0.3, -0.25) is 9.59 Å². The Morgan fingerprint density at radius 1 is 0.388 bits per heavy atom. The Balaban J connectivity index is 1.44. The highest BCUT2D eigenvalue weighted by Gasteiger charge is 2.27. The van der Waals surface area contributed by atoms with Gasteiger partial charge in [0.15, 0.2) is 23.1 Å². The Bertz CT molecular complexity index is 971. The number of hydrogen-bond donors (Lipinski definition) is 0. The molecule has 0 aliphatic heterocycles. The summed E-state index contributed by atoms with van der Waals surface area (Å²) in [6.45, 7) is 4.56. The van der Waals surface area contributed by atoms with Crippen LogP contribution in [0, 0.1) is 7.53 Å². The van der Waals surface area contributed by atoms with Gasteiger partial charge in [-0.05, 0) is 25.0 Å². The highest BCUT2D eigenvalue weighted by atomic mass is 127. The Hall–Kier alpha value is -1.37. The number of Topliss-reactive ketones (excluding diaryl/α,β-unsaturated/α-hetero) is 2. The van der Waals surface area contributed by atoms with Gasteiger partial charge in [-0.25, -0.2) is 0 Å². The molecule has 0 bridgehead atoms. The van der Waals surface area contributed by atoms with Gasteiger partial charge in [-0.2, -0.15) is 0 Å². The molecule has 0 aromatic carbocycles. The van der Waals surface area contributed by atoms with Crippen molar-refractivity contribution in [3.05, 3.63) is 43.3 Å². The monoisotopic (exact) mass is 793 g/mol. The van der Waals surface area contributed by atoms with Crippen molar-refractivity contribution >= 4 is 11.6 Å². The predicted molar refractivity (Wildman–Crippen MR) is 203 cm³/mol. The zero-order chi connectivity index (χ0) is 35.0. The number of ketones is 2. The molecule has 0 N–H and O–H groups in total. The van der Waals surface area contributed by atoms with Gasteiger partial charge >= 0.3 is 28.7 Å². The lowest BCUT2D eigenvalue weighted by Crippen LogP contribution is -3.61. The second-order valence-electron chi connectivity index (χ2n) is 14.5. The predicted octanol–water partition coefficient (Wildman–Crippen LogP) is 11.9. The first-order valence-electron chi connectivity index (χ1n) is 21.0. The molecule has 0 saturated heterocycles. The van der Waals surface area contributed by atoms with Crippen molar-refractivity contribution in [2.45, 2.75) is 219 Å². The maximum atomic E-state index is 12.7. The van der Waals surface area contributed by atoms with E-state index in [0.29, 0.717) is 24.4 Å². The second kappa shape index (κ2) is 31.4. The van der Waals surface area contributed by atoms with Crippen molar-refractivity contribution < 1.29 is 39.6 Å². The van der Waals surface area contributed by atoms with Gasteiger partial charge < -0.3 is 8.83 Å². The standard InChI is InChI=1S/C44H74IO4/c1-3-5-7-9-11-13-15-17-19-21-23-25-27-29-31-33-39(46)41-35-37-43(48-41)45-44-38-36-42(49-44)40(47)34-32-30-28-26-24-22-20-18-16-14-12-10-8-6-4-2/h35-38H,3-34H2,1-2H3/q+1. The van der Waals surface area contributed by atoms with Crippen molar-refractivity contribution in [3.8, 4) is 0 Å². The van der Waals surface area contributed by atoms with E-state index in [1.54, 1.807) is 0 Å². The van der Waals surface area contributed by atoms with Crippen LogP contribution in [-0.2, 0) is 0 Å². The van der Waals surface area contributed by atoms with Crippen LogP contribution in [0.25, 0.3) is 0 Å². The molecular weight excluding hydrogens is 719 g/mol. The molecule has 2 aromatic heterocycles. The summed E-state index contributed by atoms with van der Waals surface area (Å²) in [5, 5.41) is 0. The zero-order valence-corrected chi connectivity index (χ0v) is 34.1. The van der Waals surface area contributed by atoms with Crippen LogP contribution in [-0.4, -0.2) is 11.6 Å². The van der Waals surface area contributed by atoms with Crippen LogP contribution in [0.1, 0.15) is 240 Å². The zero-order valence-electron chi connectivity index (χ0n) is 31.9. The lowest BCUT2D eigenvalue weighted by molar-refractivity contribution is -0.636. The Kier molecular flexibility index (Phi) is 28.0. The summed E-state index contributed by atoms with van der Waals surface area (Å²) in [5.74, 6) is 1.14. The minimum absolute atomic E-state index is 0.101. The maximum absolute atomic E-state index is 12.7. The van der Waals surface area contributed by atoms with Crippen LogP contribution in [0.4, 0.5) is 0 Å². The third-order valence-corrected chi connectivity index (χ3v) is 12.1. The lowest BCUT2D eigenvalue weighted by Gasteiger charge is -2.03. The number of carbonyl (C=O) groups excluding carboxylic acids is 2. The van der Waals surface area contributed by atoms with Crippen LogP contribution >= 0.6 is 0 Å². The first-order chi connectivity index (χ1) is 24.1. The third-order valence-electron chi connectivity index (χ3n) is 9.90. The molecule has 4 nitrogen and oxygen atoms in total. The van der Waals surface area contributed by atoms with Gasteiger partial charge in [0.1, 0.15) is 0 Å². The lowest BCUT2D eigenvalue weighted by atomic mass is 10.0. The van der Waals surface area contributed by atoms with Gasteiger partial charge in [-0.1, -0.05) is 194 Å². The molecule has 0 spiro atoms. The normalized spacial score (nSPS) is 11.5. The molecule has 2 aromatic rings. The molecule has 0 fully saturated rings. The van der Waals surface area contributed by atoms with Crippen molar-refractivity contribution in [1.29, 1.82) is 0 Å². The summed E-state index contributed by atoms with van der Waals surface area (Å²) < 4.78 is 13.4. The highest BCUT2D eigenvalue weighted by Crippen LogP contribution is 2.17. The first kappa shape index (κ1) is 43.8. The van der Waals surface area contributed by atoms with Gasteiger partial charge in [0, 0.05) is 25.0 Å². The quantitative estimate of drug-likeness (QED) is 0.0392. The van der Waals surface area contributed by atoms with E-state index in [1.807, 2.05) is 24.3 Å². The van der Waals surface area contributed by atoms with Crippen molar-refractivity contribution in [1.82, 2.24) is 0 Å². The van der Waals surface area contributed by atoms with E-state index in [2.05, 4.69) is 13.8 Å². The topological polar surface area (TPSA) is 60.4 Å². The number of hydrogen-bond acceptors (Lipinski definition) is 4. The molecule has 0 aliphatic rings. The van der Waals surface area contributed by atoms with Gasteiger partial charge in [0.25, 0.3) is 0 Å². The van der Waals surface area contributed by atoms with Crippen molar-refractivity contribution in [2.75, 3.05) is 0 Å². The number of carbonyl (C=O) groups is 2. The molecule has 5 heteroatoms. The van der Waals surface area contributed by atoms with Gasteiger partial charge in [0.2, 0.25) is 0 Å². The molecule has 0 radical (unpaired) electrons. The third kappa shape index (κ3) is 23.7. The second-order valence-corrected chi connectivity index (χ2v) is 17.2. The van der Waals surface area contributed by atoms with E-state index in [1.165, 1.54) is 167 Å². The summed E-state index contributed by atoms with van der Waals surface area (Å²) in [6, 6.07) is 7.45. The number of halogens is 1. The molecule has 0 atom stereocenters. The highest BCUT2D eigenvalue weighted by molar-refractivity contribution is 5.93. The summed E-state index contributed by atoms with van der Waals surface area (Å²) >= 11 is -0.689. The molecule has 2 rings (SSSR count). The average Bonchev–Trinajstić information content (AvgIpc) is 3.78. The van der Waals surface area contributed by atoms with Crippen LogP contribution in [0.2, 0.25) is 0 Å². The van der Waals surface area contributed by atoms with E-state index < -0.39 is 21.2 Å². The SMILES string of the molecule is CCCCCCCCCCCCCCCCCC(=O)c1ccc([I+]c2ccc(C(=O)CCCCCCCCCCCCCCCCC)o2)o1. The van der Waals surface area contributed by atoms with E-state index in [0.717, 1.165) is 33.2 Å². The summed E-state index contributed by atoms with van der Waals surface area (Å²) in [4.78, 5) is 25.3. The van der Waals surface area contributed by atoms with Crippen LogP contribution in [0.3, 0.4) is 0 Å². The van der Waals surface area contributed by atoms with E-state index >= 15 is 0 Å². The smallest absolute Gasteiger partial charge is 0.415 e. The van der Waals surface area contributed by atoms with E-state index in [-0.39, 0.29) is 11.6 Å². The largest absolute Gasteiger partial charge is 0.443 e. The summed E-state index contributed by atoms with van der Waals surface area (Å²) in [7, 11) is 0. The number of rotatable bonds is 36. The minimum atomic E-state index is -0.689. The molecule has 0 amide bonds. The molecule has 0 saturated carbocycles. The fourth-order valence-electron chi connectivity index (χ4n) is 6.68. The summed E-state index contributed by atoms with van der Waals surface area (Å²) in [5.41, 5.74) is 0. The molecule has 0 aliphatic carbocycles. The average molecular weight is 794 g/mol. The molecule has 0 unspecified atom stereocenters.